The van der Waals surface area contributed by atoms with Crippen molar-refractivity contribution >= 4 is 12.0 Å². The molecule has 5 heteroatoms. The van der Waals surface area contributed by atoms with Crippen LogP contribution in [0.25, 0.3) is 0 Å². The summed E-state index contributed by atoms with van der Waals surface area (Å²) >= 11 is 0. The van der Waals surface area contributed by atoms with Gasteiger partial charge in [-0.05, 0) is 18.8 Å². The van der Waals surface area contributed by atoms with Crippen LogP contribution in [0.3, 0.4) is 0 Å². The average molecular weight is 298 g/mol. The Morgan fingerprint density at radius 2 is 1.95 bits per heavy atom. The molecule has 0 aromatic heterocycles. The van der Waals surface area contributed by atoms with Crippen LogP contribution in [0.5, 0.6) is 0 Å². The highest BCUT2D eigenvalue weighted by Crippen LogP contribution is 2.24. The van der Waals surface area contributed by atoms with Gasteiger partial charge in [0.1, 0.15) is 0 Å². The van der Waals surface area contributed by atoms with Crippen molar-refractivity contribution < 1.29 is 14.3 Å². The number of rotatable bonds is 4. The highest BCUT2D eigenvalue weighted by molar-refractivity contribution is 5.81. The Kier molecular flexibility index (Phi) is 6.49. The highest BCUT2D eigenvalue weighted by atomic mass is 16.5. The summed E-state index contributed by atoms with van der Waals surface area (Å²) in [4.78, 5) is 25.7. The lowest BCUT2D eigenvalue weighted by molar-refractivity contribution is -0.129. The van der Waals surface area contributed by atoms with Crippen molar-refractivity contribution in [2.24, 2.45) is 11.3 Å². The predicted molar refractivity (Wildman–Crippen MR) is 83.0 cm³/mol. The van der Waals surface area contributed by atoms with Gasteiger partial charge in [0.05, 0.1) is 7.11 Å². The maximum absolute atomic E-state index is 12.2. The second kappa shape index (κ2) is 7.66. The molecule has 2 amide bonds. The molecule has 1 fully saturated rings. The molecule has 5 nitrogen and oxygen atoms in total. The molecule has 2 atom stereocenters. The minimum Gasteiger partial charge on any atom is -0.453 e. The number of hydrogen-bond acceptors (Lipinski definition) is 3. The lowest BCUT2D eigenvalue weighted by atomic mass is 9.88. The highest BCUT2D eigenvalue weighted by Gasteiger charge is 2.33. The molecule has 0 aromatic carbocycles. The number of likely N-dealkylation sites (tertiary alicyclic amines) is 1. The van der Waals surface area contributed by atoms with Crippen LogP contribution in [-0.4, -0.2) is 43.1 Å². The van der Waals surface area contributed by atoms with E-state index in [-0.39, 0.29) is 18.0 Å². The van der Waals surface area contributed by atoms with Gasteiger partial charge in [-0.25, -0.2) is 4.79 Å². The van der Waals surface area contributed by atoms with Crippen LogP contribution < -0.4 is 5.32 Å². The molecule has 1 aliphatic rings. The number of nitrogens with one attached hydrogen (secondary N) is 1. The van der Waals surface area contributed by atoms with Crippen molar-refractivity contribution in [3.8, 4) is 0 Å². The van der Waals surface area contributed by atoms with E-state index < -0.39 is 5.41 Å². The fourth-order valence-corrected chi connectivity index (χ4v) is 2.69. The number of unbranched alkanes of at least 4 members (excludes halogenated alkanes) is 1. The van der Waals surface area contributed by atoms with Gasteiger partial charge in [0.15, 0.2) is 0 Å². The molecule has 0 bridgehead atoms. The number of carbonyl (C=O) groups excluding carboxylic acids is 2. The molecule has 2 unspecified atom stereocenters. The number of nitrogens with zero attached hydrogens (tertiary/aromatic N) is 1. The number of piperidine rings is 1. The summed E-state index contributed by atoms with van der Waals surface area (Å²) in [6, 6.07) is 0.0198. The van der Waals surface area contributed by atoms with Crippen LogP contribution in [0.2, 0.25) is 0 Å². The number of methoxy groups -OCH3 is 1. The molecular formula is C16H30N2O3. The minimum atomic E-state index is -0.410. The van der Waals surface area contributed by atoms with Gasteiger partial charge in [0, 0.05) is 24.5 Å². The van der Waals surface area contributed by atoms with E-state index in [2.05, 4.69) is 12.2 Å². The number of amides is 2. The molecule has 1 heterocycles. The van der Waals surface area contributed by atoms with Gasteiger partial charge >= 0.3 is 6.09 Å². The molecule has 0 aromatic rings. The van der Waals surface area contributed by atoms with Gasteiger partial charge in [-0.15, -0.1) is 0 Å². The van der Waals surface area contributed by atoms with Crippen LogP contribution in [0.15, 0.2) is 0 Å². The van der Waals surface area contributed by atoms with E-state index >= 15 is 0 Å². The van der Waals surface area contributed by atoms with E-state index in [4.69, 9.17) is 4.74 Å². The standard InChI is InChI=1S/C16H30N2O3/c1-6-7-8-12-9-13(17-14(19)16(2,3)4)11-18(10-12)15(20)21-5/h12-13H,6-11H2,1-5H3,(H,17,19). The quantitative estimate of drug-likeness (QED) is 0.868. The third kappa shape index (κ3) is 5.56. The maximum atomic E-state index is 12.2. The van der Waals surface area contributed by atoms with Gasteiger partial charge in [0.25, 0.3) is 0 Å². The Balaban J connectivity index is 2.69. The summed E-state index contributed by atoms with van der Waals surface area (Å²) in [5.41, 5.74) is -0.410. The molecule has 0 radical (unpaired) electrons. The summed E-state index contributed by atoms with van der Waals surface area (Å²) in [7, 11) is 1.40. The van der Waals surface area contributed by atoms with Gasteiger partial charge in [-0.2, -0.15) is 0 Å². The Hall–Kier alpha value is -1.26. The SMILES string of the molecule is CCCCC1CC(NC(=O)C(C)(C)C)CN(C(=O)OC)C1. The largest absolute Gasteiger partial charge is 0.453 e. The average Bonchev–Trinajstić information content (AvgIpc) is 2.42. The van der Waals surface area contributed by atoms with Crippen molar-refractivity contribution in [3.63, 3.8) is 0 Å². The van der Waals surface area contributed by atoms with E-state index in [1.807, 2.05) is 20.8 Å². The van der Waals surface area contributed by atoms with E-state index in [1.54, 1.807) is 4.90 Å². The molecule has 0 aliphatic carbocycles. The van der Waals surface area contributed by atoms with Crippen molar-refractivity contribution in [2.75, 3.05) is 20.2 Å². The topological polar surface area (TPSA) is 58.6 Å². The predicted octanol–water partition coefficient (Wildman–Crippen LogP) is 2.80. The molecule has 122 valence electrons. The van der Waals surface area contributed by atoms with E-state index in [0.29, 0.717) is 12.5 Å². The third-order valence-electron chi connectivity index (χ3n) is 3.95. The van der Waals surface area contributed by atoms with Crippen molar-refractivity contribution in [1.82, 2.24) is 10.2 Å². The van der Waals surface area contributed by atoms with Gasteiger partial charge in [-0.3, -0.25) is 4.79 Å². The van der Waals surface area contributed by atoms with Crippen LogP contribution in [0, 0.1) is 11.3 Å². The minimum absolute atomic E-state index is 0.0198. The molecule has 1 aliphatic heterocycles. The normalized spacial score (nSPS) is 22.8. The number of ether oxygens (including phenoxy) is 1. The van der Waals surface area contributed by atoms with Crippen molar-refractivity contribution in [3.05, 3.63) is 0 Å². The molecule has 0 saturated carbocycles. The number of hydrogen-bond donors (Lipinski definition) is 1. The smallest absolute Gasteiger partial charge is 0.409 e. The molecule has 0 spiro atoms. The zero-order chi connectivity index (χ0) is 16.0. The Morgan fingerprint density at radius 3 is 2.48 bits per heavy atom. The molecule has 21 heavy (non-hydrogen) atoms. The summed E-state index contributed by atoms with van der Waals surface area (Å²) in [6.45, 7) is 9.14. The first-order chi connectivity index (χ1) is 9.77. The van der Waals surface area contributed by atoms with Gasteiger partial charge in [-0.1, -0.05) is 40.5 Å². The van der Waals surface area contributed by atoms with Crippen LogP contribution >= 0.6 is 0 Å². The molecule has 1 N–H and O–H groups in total. The summed E-state index contributed by atoms with van der Waals surface area (Å²) in [5, 5.41) is 3.09. The first-order valence-electron chi connectivity index (χ1n) is 7.91. The van der Waals surface area contributed by atoms with Crippen molar-refractivity contribution in [1.29, 1.82) is 0 Å². The maximum Gasteiger partial charge on any atom is 0.409 e. The monoisotopic (exact) mass is 298 g/mol. The summed E-state index contributed by atoms with van der Waals surface area (Å²) in [5.74, 6) is 0.469. The van der Waals surface area contributed by atoms with Crippen LogP contribution in [-0.2, 0) is 9.53 Å². The fourth-order valence-electron chi connectivity index (χ4n) is 2.69. The van der Waals surface area contributed by atoms with E-state index in [1.165, 1.54) is 7.11 Å². The summed E-state index contributed by atoms with van der Waals surface area (Å²) < 4.78 is 4.84. The zero-order valence-corrected chi connectivity index (χ0v) is 14.1. The Labute approximate surface area is 128 Å². The molecular weight excluding hydrogens is 268 g/mol. The second-order valence-corrected chi connectivity index (χ2v) is 7.04. The lowest BCUT2D eigenvalue weighted by Crippen LogP contribution is -2.54. The van der Waals surface area contributed by atoms with Crippen molar-refractivity contribution in [2.45, 2.75) is 59.4 Å². The third-order valence-corrected chi connectivity index (χ3v) is 3.95. The summed E-state index contributed by atoms with van der Waals surface area (Å²) in [6.07, 6.45) is 4.03. The van der Waals surface area contributed by atoms with Crippen LogP contribution in [0.4, 0.5) is 4.79 Å². The molecule has 1 saturated heterocycles. The van der Waals surface area contributed by atoms with E-state index in [9.17, 15) is 9.59 Å². The Morgan fingerprint density at radius 1 is 1.29 bits per heavy atom. The first kappa shape index (κ1) is 17.8. The fraction of sp³-hybridized carbons (Fsp3) is 0.875. The van der Waals surface area contributed by atoms with E-state index in [0.717, 1.165) is 32.2 Å². The number of carbonyl (C=O) groups is 2. The first-order valence-corrected chi connectivity index (χ1v) is 7.91. The molecule has 1 rings (SSSR count). The zero-order valence-electron chi connectivity index (χ0n) is 14.1. The second-order valence-electron chi connectivity index (χ2n) is 7.04. The van der Waals surface area contributed by atoms with Gasteiger partial charge < -0.3 is 15.0 Å². The Bertz CT molecular complexity index is 363. The lowest BCUT2D eigenvalue weighted by Gasteiger charge is -2.38. The van der Waals surface area contributed by atoms with Gasteiger partial charge in [0.2, 0.25) is 5.91 Å². The van der Waals surface area contributed by atoms with Crippen LogP contribution in [0.1, 0.15) is 53.4 Å².